The number of anilines is 2. The zero-order chi connectivity index (χ0) is 25.6. The van der Waals surface area contributed by atoms with Crippen LogP contribution in [-0.2, 0) is 4.79 Å². The SMILES string of the molecule is CC(=O)N1c2ccc(C(=O)NC3CCS(O)(O)CC3)cc2[C@H](Nc2cccc(C)n2)[C@@H](C)[C@@H]1C1CC1. The van der Waals surface area contributed by atoms with Crippen molar-refractivity contribution in [3.8, 4) is 0 Å². The first-order valence-electron chi connectivity index (χ1n) is 12.8. The van der Waals surface area contributed by atoms with E-state index in [0.29, 0.717) is 35.8 Å². The predicted octanol–water partition coefficient (Wildman–Crippen LogP) is 4.97. The lowest BCUT2D eigenvalue weighted by molar-refractivity contribution is -0.117. The molecule has 0 bridgehead atoms. The minimum Gasteiger partial charge on any atom is -0.363 e. The van der Waals surface area contributed by atoms with Crippen molar-refractivity contribution in [1.29, 1.82) is 0 Å². The average Bonchev–Trinajstić information content (AvgIpc) is 3.66. The molecule has 0 unspecified atom stereocenters. The number of amides is 2. The Morgan fingerprint density at radius 1 is 1.08 bits per heavy atom. The summed E-state index contributed by atoms with van der Waals surface area (Å²) in [4.78, 5) is 32.7. The summed E-state index contributed by atoms with van der Waals surface area (Å²) >= 11 is 0. The van der Waals surface area contributed by atoms with Gasteiger partial charge in [0, 0.05) is 53.4 Å². The van der Waals surface area contributed by atoms with Crippen LogP contribution in [0.2, 0.25) is 0 Å². The molecule has 0 spiro atoms. The largest absolute Gasteiger partial charge is 0.363 e. The van der Waals surface area contributed by atoms with Gasteiger partial charge in [0.05, 0.1) is 6.04 Å². The topological polar surface area (TPSA) is 115 Å². The van der Waals surface area contributed by atoms with Crippen molar-refractivity contribution in [2.75, 3.05) is 21.7 Å². The van der Waals surface area contributed by atoms with Crippen molar-refractivity contribution in [2.24, 2.45) is 11.8 Å². The summed E-state index contributed by atoms with van der Waals surface area (Å²) in [6.45, 7) is 5.76. The summed E-state index contributed by atoms with van der Waals surface area (Å²) in [6.07, 6.45) is 3.35. The van der Waals surface area contributed by atoms with E-state index in [1.165, 1.54) is 0 Å². The molecule has 4 N–H and O–H groups in total. The van der Waals surface area contributed by atoms with Gasteiger partial charge in [-0.2, -0.15) is 10.6 Å². The van der Waals surface area contributed by atoms with Crippen LogP contribution in [0.25, 0.3) is 0 Å². The van der Waals surface area contributed by atoms with E-state index in [-0.39, 0.29) is 35.9 Å². The second-order valence-electron chi connectivity index (χ2n) is 10.6. The maximum absolute atomic E-state index is 13.2. The number of nitrogens with zero attached hydrogens (tertiary/aromatic N) is 2. The predicted molar refractivity (Wildman–Crippen MR) is 144 cm³/mol. The van der Waals surface area contributed by atoms with Gasteiger partial charge in [-0.15, -0.1) is 0 Å². The summed E-state index contributed by atoms with van der Waals surface area (Å²) in [5.41, 5.74) is 3.23. The molecular formula is C27H36N4O4S. The standard InChI is InChI=1S/C27H36N4O4S/c1-16-5-4-6-24(28-16)30-25-17(2)26(19-7-8-19)31(18(3)32)23-10-9-20(15-22(23)25)27(33)29-21-11-13-36(34,35)14-12-21/h4-6,9-10,15,17,19,21,25-26,34-35H,7-8,11-14H2,1-3H3,(H,28,30)(H,29,33)/t17-,25-,26-/m1/s1. The van der Waals surface area contributed by atoms with Crippen LogP contribution in [0.1, 0.15) is 67.2 Å². The van der Waals surface area contributed by atoms with Gasteiger partial charge in [0.2, 0.25) is 5.91 Å². The zero-order valence-electron chi connectivity index (χ0n) is 21.1. The van der Waals surface area contributed by atoms with E-state index in [1.807, 2.05) is 42.2 Å². The molecule has 36 heavy (non-hydrogen) atoms. The zero-order valence-corrected chi connectivity index (χ0v) is 21.9. The van der Waals surface area contributed by atoms with E-state index in [4.69, 9.17) is 0 Å². The lowest BCUT2D eigenvalue weighted by Crippen LogP contribution is -2.51. The number of carbonyl (C=O) groups excluding carboxylic acids is 2. The minimum absolute atomic E-state index is 0.0190. The fraction of sp³-hybridized carbons (Fsp3) is 0.519. The van der Waals surface area contributed by atoms with Gasteiger partial charge in [-0.1, -0.05) is 13.0 Å². The molecule has 3 aliphatic rings. The van der Waals surface area contributed by atoms with Gasteiger partial charge in [-0.3, -0.25) is 18.7 Å². The number of nitrogens with one attached hydrogen (secondary N) is 2. The van der Waals surface area contributed by atoms with E-state index >= 15 is 0 Å². The van der Waals surface area contributed by atoms with Crippen LogP contribution in [0.15, 0.2) is 36.4 Å². The minimum atomic E-state index is -2.50. The summed E-state index contributed by atoms with van der Waals surface area (Å²) in [5, 5.41) is 6.70. The third-order valence-electron chi connectivity index (χ3n) is 7.80. The smallest absolute Gasteiger partial charge is 0.251 e. The van der Waals surface area contributed by atoms with Crippen LogP contribution in [0.5, 0.6) is 0 Å². The van der Waals surface area contributed by atoms with Gasteiger partial charge in [0.15, 0.2) is 0 Å². The molecule has 5 rings (SSSR count). The van der Waals surface area contributed by atoms with Gasteiger partial charge in [0.25, 0.3) is 5.91 Å². The quantitative estimate of drug-likeness (QED) is 0.450. The van der Waals surface area contributed by atoms with Crippen molar-refractivity contribution < 1.29 is 18.7 Å². The fourth-order valence-electron chi connectivity index (χ4n) is 5.81. The number of aryl methyl sites for hydroxylation is 1. The molecule has 1 saturated heterocycles. The van der Waals surface area contributed by atoms with Gasteiger partial charge < -0.3 is 15.5 Å². The normalized spacial score (nSPS) is 26.6. The molecule has 194 valence electrons. The van der Waals surface area contributed by atoms with E-state index < -0.39 is 10.6 Å². The number of fused-ring (bicyclic) bond motifs is 1. The molecule has 0 radical (unpaired) electrons. The monoisotopic (exact) mass is 512 g/mol. The number of pyridine rings is 1. The first kappa shape index (κ1) is 25.0. The number of hydrogen-bond donors (Lipinski definition) is 4. The Labute approximate surface area is 214 Å². The molecule has 9 heteroatoms. The Kier molecular flexibility index (Phi) is 6.74. The molecule has 3 atom stereocenters. The van der Waals surface area contributed by atoms with Crippen LogP contribution in [0.4, 0.5) is 11.5 Å². The number of benzene rings is 1. The maximum atomic E-state index is 13.2. The summed E-state index contributed by atoms with van der Waals surface area (Å²) in [7, 11) is -2.50. The van der Waals surface area contributed by atoms with Crippen molar-refractivity contribution in [3.63, 3.8) is 0 Å². The molecule has 2 aromatic rings. The Morgan fingerprint density at radius 2 is 1.81 bits per heavy atom. The van der Waals surface area contributed by atoms with E-state index in [0.717, 1.165) is 35.6 Å². The van der Waals surface area contributed by atoms with Crippen molar-refractivity contribution in [1.82, 2.24) is 10.3 Å². The summed E-state index contributed by atoms with van der Waals surface area (Å²) in [5.74, 6) is 1.87. The van der Waals surface area contributed by atoms with Gasteiger partial charge in [-0.05, 0) is 74.4 Å². The first-order chi connectivity index (χ1) is 17.1. The summed E-state index contributed by atoms with van der Waals surface area (Å²) < 4.78 is 19.8. The molecule has 2 fully saturated rings. The molecule has 8 nitrogen and oxygen atoms in total. The molecule has 1 aromatic heterocycles. The van der Waals surface area contributed by atoms with Crippen LogP contribution in [0, 0.1) is 18.8 Å². The molecule has 2 amide bonds. The second kappa shape index (κ2) is 9.68. The Balaban J connectivity index is 1.47. The molecule has 1 aromatic carbocycles. The molecule has 1 saturated carbocycles. The van der Waals surface area contributed by atoms with E-state index in [1.54, 1.807) is 13.0 Å². The Morgan fingerprint density at radius 3 is 2.44 bits per heavy atom. The highest BCUT2D eigenvalue weighted by molar-refractivity contribution is 8.24. The number of rotatable bonds is 5. The maximum Gasteiger partial charge on any atom is 0.251 e. The molecular weight excluding hydrogens is 476 g/mol. The molecule has 2 aliphatic heterocycles. The van der Waals surface area contributed by atoms with Crippen molar-refractivity contribution in [3.05, 3.63) is 53.2 Å². The number of hydrogen-bond acceptors (Lipinski definition) is 6. The highest BCUT2D eigenvalue weighted by atomic mass is 32.3. The van der Waals surface area contributed by atoms with Gasteiger partial charge >= 0.3 is 0 Å². The van der Waals surface area contributed by atoms with Crippen molar-refractivity contribution >= 4 is 33.9 Å². The first-order valence-corrected chi connectivity index (χ1v) is 14.7. The Bertz CT molecular complexity index is 1160. The third kappa shape index (κ3) is 5.10. The van der Waals surface area contributed by atoms with E-state index in [9.17, 15) is 18.7 Å². The second-order valence-corrected chi connectivity index (χ2v) is 13.0. The third-order valence-corrected chi connectivity index (χ3v) is 9.58. The van der Waals surface area contributed by atoms with Gasteiger partial charge in [0.1, 0.15) is 5.82 Å². The lowest BCUT2D eigenvalue weighted by Gasteiger charge is -2.46. The van der Waals surface area contributed by atoms with Crippen LogP contribution >= 0.6 is 10.6 Å². The Hall–Kier alpha value is -2.62. The van der Waals surface area contributed by atoms with Crippen LogP contribution < -0.4 is 15.5 Å². The van der Waals surface area contributed by atoms with Crippen molar-refractivity contribution in [2.45, 2.75) is 64.6 Å². The average molecular weight is 513 g/mol. The number of carbonyl (C=O) groups is 2. The molecule has 3 heterocycles. The van der Waals surface area contributed by atoms with Crippen LogP contribution in [-0.4, -0.2) is 49.5 Å². The number of aromatic nitrogens is 1. The highest BCUT2D eigenvalue weighted by Gasteiger charge is 2.47. The highest BCUT2D eigenvalue weighted by Crippen LogP contribution is 2.50. The van der Waals surface area contributed by atoms with Crippen LogP contribution in [0.3, 0.4) is 0 Å². The summed E-state index contributed by atoms with van der Waals surface area (Å²) in [6, 6.07) is 11.4. The van der Waals surface area contributed by atoms with Gasteiger partial charge in [-0.25, -0.2) is 4.98 Å². The lowest BCUT2D eigenvalue weighted by atomic mass is 9.79. The molecule has 1 aliphatic carbocycles. The fourth-order valence-corrected chi connectivity index (χ4v) is 7.34. The van der Waals surface area contributed by atoms with E-state index in [2.05, 4.69) is 22.5 Å².